The predicted molar refractivity (Wildman–Crippen MR) is 88.8 cm³/mol. The Morgan fingerprint density at radius 2 is 2.29 bits per heavy atom. The number of nitrogens with one attached hydrogen (secondary N) is 3. The number of carbonyl (C=O) groups is 2. The molecule has 8 nitrogen and oxygen atoms in total. The van der Waals surface area contributed by atoms with Gasteiger partial charge in [0.25, 0.3) is 0 Å². The van der Waals surface area contributed by atoms with Gasteiger partial charge in [-0.25, -0.2) is 4.79 Å². The topological polar surface area (TPSA) is 103 Å². The van der Waals surface area contributed by atoms with Gasteiger partial charge in [0.15, 0.2) is 0 Å². The maximum atomic E-state index is 12.0. The SMILES string of the molecule is CCNC(=O)N1Cc2n[nH]c(NC(=O)/C=C/c3cccnc3)c2C1. The van der Waals surface area contributed by atoms with Crippen LogP contribution in [0, 0.1) is 0 Å². The fraction of sp³-hybridized carbons (Fsp3) is 0.250. The van der Waals surface area contributed by atoms with Crippen LogP contribution in [-0.4, -0.2) is 38.6 Å². The number of fused-ring (bicyclic) bond motifs is 1. The Hall–Kier alpha value is -3.16. The molecule has 0 saturated heterocycles. The minimum Gasteiger partial charge on any atom is -0.338 e. The smallest absolute Gasteiger partial charge is 0.318 e. The van der Waals surface area contributed by atoms with Gasteiger partial charge in [-0.3, -0.25) is 14.9 Å². The summed E-state index contributed by atoms with van der Waals surface area (Å²) in [6.07, 6.45) is 6.45. The zero-order valence-electron chi connectivity index (χ0n) is 13.2. The summed E-state index contributed by atoms with van der Waals surface area (Å²) in [5.74, 6) is 0.249. The molecule has 0 bridgehead atoms. The van der Waals surface area contributed by atoms with Crippen LogP contribution in [0.2, 0.25) is 0 Å². The summed E-state index contributed by atoms with van der Waals surface area (Å²) in [4.78, 5) is 29.6. The fourth-order valence-electron chi connectivity index (χ4n) is 2.45. The van der Waals surface area contributed by atoms with Crippen LogP contribution in [0.1, 0.15) is 23.7 Å². The second-order valence-electron chi connectivity index (χ2n) is 5.32. The zero-order chi connectivity index (χ0) is 16.9. The van der Waals surface area contributed by atoms with E-state index in [-0.39, 0.29) is 11.9 Å². The largest absolute Gasteiger partial charge is 0.338 e. The molecule has 3 rings (SSSR count). The maximum Gasteiger partial charge on any atom is 0.318 e. The molecule has 0 saturated carbocycles. The molecule has 24 heavy (non-hydrogen) atoms. The van der Waals surface area contributed by atoms with Gasteiger partial charge in [-0.1, -0.05) is 6.07 Å². The molecule has 0 aromatic carbocycles. The molecule has 2 aromatic heterocycles. The van der Waals surface area contributed by atoms with Crippen molar-refractivity contribution in [3.63, 3.8) is 0 Å². The molecular weight excluding hydrogens is 308 g/mol. The van der Waals surface area contributed by atoms with Gasteiger partial charge in [0, 0.05) is 30.6 Å². The molecule has 1 aliphatic rings. The van der Waals surface area contributed by atoms with Crippen molar-refractivity contribution in [2.45, 2.75) is 20.0 Å². The number of urea groups is 1. The van der Waals surface area contributed by atoms with Gasteiger partial charge in [-0.2, -0.15) is 5.10 Å². The van der Waals surface area contributed by atoms with Crippen LogP contribution in [0.4, 0.5) is 10.6 Å². The third-order valence-corrected chi connectivity index (χ3v) is 3.62. The molecule has 0 aliphatic carbocycles. The summed E-state index contributed by atoms with van der Waals surface area (Å²) in [5.41, 5.74) is 2.45. The van der Waals surface area contributed by atoms with E-state index in [4.69, 9.17) is 0 Å². The van der Waals surface area contributed by atoms with Crippen molar-refractivity contribution in [2.24, 2.45) is 0 Å². The van der Waals surface area contributed by atoms with Crippen molar-refractivity contribution in [2.75, 3.05) is 11.9 Å². The van der Waals surface area contributed by atoms with E-state index in [1.54, 1.807) is 29.4 Å². The molecular formula is C16H18N6O2. The molecule has 8 heteroatoms. The third-order valence-electron chi connectivity index (χ3n) is 3.62. The Kier molecular flexibility index (Phi) is 4.55. The molecule has 3 heterocycles. The van der Waals surface area contributed by atoms with Crippen LogP contribution >= 0.6 is 0 Å². The maximum absolute atomic E-state index is 12.0. The first-order chi connectivity index (χ1) is 11.7. The number of carbonyl (C=O) groups excluding carboxylic acids is 2. The second kappa shape index (κ2) is 6.95. The highest BCUT2D eigenvalue weighted by molar-refractivity contribution is 6.01. The summed E-state index contributed by atoms with van der Waals surface area (Å²) >= 11 is 0. The van der Waals surface area contributed by atoms with Crippen LogP contribution in [0.15, 0.2) is 30.6 Å². The predicted octanol–water partition coefficient (Wildman–Crippen LogP) is 1.50. The molecule has 124 valence electrons. The summed E-state index contributed by atoms with van der Waals surface area (Å²) in [6.45, 7) is 3.29. The number of hydrogen-bond donors (Lipinski definition) is 3. The summed E-state index contributed by atoms with van der Waals surface area (Å²) in [7, 11) is 0. The average molecular weight is 326 g/mol. The summed E-state index contributed by atoms with van der Waals surface area (Å²) < 4.78 is 0. The van der Waals surface area contributed by atoms with Crippen molar-refractivity contribution in [1.29, 1.82) is 0 Å². The van der Waals surface area contributed by atoms with Crippen molar-refractivity contribution in [1.82, 2.24) is 25.4 Å². The average Bonchev–Trinajstić information content (AvgIpc) is 3.16. The molecule has 0 radical (unpaired) electrons. The molecule has 0 spiro atoms. The first kappa shape index (κ1) is 15.7. The first-order valence-electron chi connectivity index (χ1n) is 7.65. The Balaban J connectivity index is 1.63. The standard InChI is InChI=1S/C16H18N6O2/c1-2-18-16(24)22-9-12-13(10-22)20-21-15(12)19-14(23)6-5-11-4-3-7-17-8-11/h3-8H,2,9-10H2,1H3,(H,18,24)(H2,19,20,21,23)/b6-5+. The second-order valence-corrected chi connectivity index (χ2v) is 5.32. The lowest BCUT2D eigenvalue weighted by atomic mass is 10.2. The first-order valence-corrected chi connectivity index (χ1v) is 7.65. The number of amides is 3. The van der Waals surface area contributed by atoms with Crippen LogP contribution in [0.5, 0.6) is 0 Å². The van der Waals surface area contributed by atoms with Crippen molar-refractivity contribution < 1.29 is 9.59 Å². The van der Waals surface area contributed by atoms with Crippen molar-refractivity contribution in [3.8, 4) is 0 Å². The van der Waals surface area contributed by atoms with Crippen LogP contribution < -0.4 is 10.6 Å². The van der Waals surface area contributed by atoms with E-state index >= 15 is 0 Å². The number of aromatic nitrogens is 3. The van der Waals surface area contributed by atoms with Gasteiger partial charge in [-0.05, 0) is 24.6 Å². The van der Waals surface area contributed by atoms with E-state index in [2.05, 4.69) is 25.8 Å². The zero-order valence-corrected chi connectivity index (χ0v) is 13.2. The molecule has 3 N–H and O–H groups in total. The van der Waals surface area contributed by atoms with Gasteiger partial charge in [-0.15, -0.1) is 0 Å². The van der Waals surface area contributed by atoms with Crippen molar-refractivity contribution >= 4 is 23.8 Å². The molecule has 3 amide bonds. The van der Waals surface area contributed by atoms with Gasteiger partial charge in [0.2, 0.25) is 5.91 Å². The molecule has 0 atom stereocenters. The lowest BCUT2D eigenvalue weighted by Crippen LogP contribution is -2.36. The van der Waals surface area contributed by atoms with E-state index < -0.39 is 0 Å². The van der Waals surface area contributed by atoms with Crippen LogP contribution in [-0.2, 0) is 17.9 Å². The molecule has 0 unspecified atom stereocenters. The Bertz CT molecular complexity index is 768. The van der Waals surface area contributed by atoms with E-state index in [0.29, 0.717) is 25.5 Å². The van der Waals surface area contributed by atoms with Gasteiger partial charge >= 0.3 is 6.03 Å². The van der Waals surface area contributed by atoms with Crippen LogP contribution in [0.3, 0.4) is 0 Å². The number of H-pyrrole nitrogens is 1. The lowest BCUT2D eigenvalue weighted by Gasteiger charge is -2.15. The quantitative estimate of drug-likeness (QED) is 0.741. The van der Waals surface area contributed by atoms with Gasteiger partial charge in [0.05, 0.1) is 18.8 Å². The number of rotatable bonds is 4. The Morgan fingerprint density at radius 3 is 3.04 bits per heavy atom. The highest BCUT2D eigenvalue weighted by Crippen LogP contribution is 2.26. The lowest BCUT2D eigenvalue weighted by molar-refractivity contribution is -0.111. The normalized spacial score (nSPS) is 13.1. The summed E-state index contributed by atoms with van der Waals surface area (Å²) in [6, 6.07) is 3.52. The highest BCUT2D eigenvalue weighted by atomic mass is 16.2. The Morgan fingerprint density at radius 1 is 1.42 bits per heavy atom. The monoisotopic (exact) mass is 326 g/mol. The molecule has 0 fully saturated rings. The van der Waals surface area contributed by atoms with E-state index in [1.165, 1.54) is 6.08 Å². The molecule has 1 aliphatic heterocycles. The number of nitrogens with zero attached hydrogens (tertiary/aromatic N) is 3. The number of anilines is 1. The third kappa shape index (κ3) is 3.43. The van der Waals surface area contributed by atoms with E-state index in [9.17, 15) is 9.59 Å². The van der Waals surface area contributed by atoms with Crippen LogP contribution in [0.25, 0.3) is 6.08 Å². The van der Waals surface area contributed by atoms with Crippen molar-refractivity contribution in [3.05, 3.63) is 47.4 Å². The number of hydrogen-bond acceptors (Lipinski definition) is 4. The summed E-state index contributed by atoms with van der Waals surface area (Å²) in [5, 5.41) is 12.5. The van der Waals surface area contributed by atoms with E-state index in [1.807, 2.05) is 13.0 Å². The number of aromatic amines is 1. The highest BCUT2D eigenvalue weighted by Gasteiger charge is 2.28. The van der Waals surface area contributed by atoms with E-state index in [0.717, 1.165) is 16.8 Å². The minimum atomic E-state index is -0.276. The Labute approximate surface area is 139 Å². The fourth-order valence-corrected chi connectivity index (χ4v) is 2.45. The minimum absolute atomic E-state index is 0.135. The molecule has 2 aromatic rings. The van der Waals surface area contributed by atoms with Gasteiger partial charge in [0.1, 0.15) is 5.82 Å². The number of pyridine rings is 1. The van der Waals surface area contributed by atoms with Gasteiger partial charge < -0.3 is 15.5 Å².